The molecule has 0 bridgehead atoms. The Kier molecular flexibility index (Phi) is 6.72. The second-order valence-electron chi connectivity index (χ2n) is 6.89. The maximum atomic E-state index is 13.1. The second-order valence-corrected chi connectivity index (χ2v) is 6.89. The fraction of sp³-hybridized carbons (Fsp3) is 0.381. The molecule has 1 unspecified atom stereocenters. The maximum absolute atomic E-state index is 13.1. The molecule has 2 aromatic rings. The molecule has 28 heavy (non-hydrogen) atoms. The number of ether oxygens (including phenoxy) is 1. The average molecular weight is 394 g/mol. The molecule has 0 aliphatic carbocycles. The molecular formula is C21H25F3N2O2. The van der Waals surface area contributed by atoms with Crippen molar-refractivity contribution in [1.82, 2.24) is 4.90 Å². The van der Waals surface area contributed by atoms with Gasteiger partial charge in [-0.1, -0.05) is 24.3 Å². The summed E-state index contributed by atoms with van der Waals surface area (Å²) in [7, 11) is 3.38. The third-order valence-corrected chi connectivity index (χ3v) is 4.69. The Bertz CT molecular complexity index is 827. The standard InChI is InChI=1S/C21H25F3N2O2/c1-13-10-16(11-14(2)19(13)28-5)12-26(4)15(3)20(27)25-18-9-7-6-8-17(18)21(22,23)24/h6-11,15H,12H2,1-5H3,(H,25,27). The van der Waals surface area contributed by atoms with Gasteiger partial charge in [-0.2, -0.15) is 13.2 Å². The number of benzene rings is 2. The van der Waals surface area contributed by atoms with E-state index in [1.54, 1.807) is 26.0 Å². The van der Waals surface area contributed by atoms with Crippen molar-refractivity contribution >= 4 is 11.6 Å². The summed E-state index contributed by atoms with van der Waals surface area (Å²) >= 11 is 0. The van der Waals surface area contributed by atoms with Crippen LogP contribution in [0.15, 0.2) is 36.4 Å². The highest BCUT2D eigenvalue weighted by Gasteiger charge is 2.34. The SMILES string of the molecule is COc1c(C)cc(CN(C)C(C)C(=O)Nc2ccccc2C(F)(F)F)cc1C. The number of alkyl halides is 3. The van der Waals surface area contributed by atoms with Crippen LogP contribution in [-0.2, 0) is 17.5 Å². The lowest BCUT2D eigenvalue weighted by atomic mass is 10.0. The quantitative estimate of drug-likeness (QED) is 0.766. The largest absolute Gasteiger partial charge is 0.496 e. The molecule has 0 saturated carbocycles. The molecule has 4 nitrogen and oxygen atoms in total. The average Bonchev–Trinajstić information content (AvgIpc) is 2.60. The predicted molar refractivity (Wildman–Crippen MR) is 103 cm³/mol. The van der Waals surface area contributed by atoms with E-state index in [9.17, 15) is 18.0 Å². The predicted octanol–water partition coefficient (Wildman–Crippen LogP) is 4.79. The fourth-order valence-electron chi connectivity index (χ4n) is 3.15. The van der Waals surface area contributed by atoms with Crippen molar-refractivity contribution in [3.8, 4) is 5.75 Å². The van der Waals surface area contributed by atoms with Gasteiger partial charge in [-0.05, 0) is 56.6 Å². The van der Waals surface area contributed by atoms with Gasteiger partial charge in [0.2, 0.25) is 5.91 Å². The highest BCUT2D eigenvalue weighted by Crippen LogP contribution is 2.34. The summed E-state index contributed by atoms with van der Waals surface area (Å²) < 4.78 is 44.7. The first-order chi connectivity index (χ1) is 13.0. The normalized spacial score (nSPS) is 12.8. The summed E-state index contributed by atoms with van der Waals surface area (Å²) in [5.41, 5.74) is 1.87. The molecule has 152 valence electrons. The van der Waals surface area contributed by atoms with Crippen LogP contribution in [0.2, 0.25) is 0 Å². The number of nitrogens with zero attached hydrogens (tertiary/aromatic N) is 1. The first-order valence-electron chi connectivity index (χ1n) is 8.86. The molecule has 0 spiro atoms. The Balaban J connectivity index is 2.12. The fourth-order valence-corrected chi connectivity index (χ4v) is 3.15. The molecule has 0 aromatic heterocycles. The second kappa shape index (κ2) is 8.65. The molecule has 0 aliphatic rings. The number of carbonyl (C=O) groups excluding carboxylic acids is 1. The van der Waals surface area contributed by atoms with Crippen molar-refractivity contribution in [3.05, 3.63) is 58.7 Å². The monoisotopic (exact) mass is 394 g/mol. The van der Waals surface area contributed by atoms with Crippen molar-refractivity contribution in [2.24, 2.45) is 0 Å². The number of anilines is 1. The molecule has 7 heteroatoms. The number of halogens is 3. The van der Waals surface area contributed by atoms with Gasteiger partial charge in [0.05, 0.1) is 24.4 Å². The van der Waals surface area contributed by atoms with Gasteiger partial charge in [0.1, 0.15) is 5.75 Å². The van der Waals surface area contributed by atoms with Crippen LogP contribution in [0.3, 0.4) is 0 Å². The Labute approximate surface area is 163 Å². The Morgan fingerprint density at radius 1 is 1.18 bits per heavy atom. The third-order valence-electron chi connectivity index (χ3n) is 4.69. The first kappa shape index (κ1) is 21.8. The molecule has 0 saturated heterocycles. The number of aryl methyl sites for hydroxylation is 2. The first-order valence-corrected chi connectivity index (χ1v) is 8.86. The minimum absolute atomic E-state index is 0.239. The smallest absolute Gasteiger partial charge is 0.418 e. The van der Waals surface area contributed by atoms with Crippen LogP contribution < -0.4 is 10.1 Å². The van der Waals surface area contributed by atoms with Crippen molar-refractivity contribution in [1.29, 1.82) is 0 Å². The van der Waals surface area contributed by atoms with Crippen LogP contribution in [0.1, 0.15) is 29.2 Å². The van der Waals surface area contributed by atoms with Gasteiger partial charge in [-0.3, -0.25) is 9.69 Å². The Morgan fingerprint density at radius 3 is 2.29 bits per heavy atom. The lowest BCUT2D eigenvalue weighted by molar-refractivity contribution is -0.137. The molecule has 0 fully saturated rings. The highest BCUT2D eigenvalue weighted by atomic mass is 19.4. The van der Waals surface area contributed by atoms with Crippen LogP contribution in [-0.4, -0.2) is 31.0 Å². The number of para-hydroxylation sites is 1. The summed E-state index contributed by atoms with van der Waals surface area (Å²) in [5, 5.41) is 2.40. The Morgan fingerprint density at radius 2 is 1.75 bits per heavy atom. The van der Waals surface area contributed by atoms with Crippen molar-refractivity contribution in [2.45, 2.75) is 39.5 Å². The van der Waals surface area contributed by atoms with Gasteiger partial charge in [0.15, 0.2) is 0 Å². The van der Waals surface area contributed by atoms with Gasteiger partial charge >= 0.3 is 6.18 Å². The van der Waals surface area contributed by atoms with Crippen molar-refractivity contribution in [3.63, 3.8) is 0 Å². The summed E-state index contributed by atoms with van der Waals surface area (Å²) in [6, 6.07) is 8.29. The molecule has 0 radical (unpaired) electrons. The van der Waals surface area contributed by atoms with Crippen molar-refractivity contribution in [2.75, 3.05) is 19.5 Å². The zero-order chi connectivity index (χ0) is 21.1. The molecular weight excluding hydrogens is 369 g/mol. The van der Waals surface area contributed by atoms with Gasteiger partial charge in [-0.25, -0.2) is 0 Å². The molecule has 1 amide bonds. The minimum atomic E-state index is -4.53. The van der Waals surface area contributed by atoms with E-state index in [-0.39, 0.29) is 5.69 Å². The molecule has 0 heterocycles. The summed E-state index contributed by atoms with van der Waals surface area (Å²) in [4.78, 5) is 14.3. The maximum Gasteiger partial charge on any atom is 0.418 e. The lowest BCUT2D eigenvalue weighted by Gasteiger charge is -2.25. The van der Waals surface area contributed by atoms with Crippen molar-refractivity contribution < 1.29 is 22.7 Å². The van der Waals surface area contributed by atoms with E-state index in [0.717, 1.165) is 28.5 Å². The van der Waals surface area contributed by atoms with E-state index in [4.69, 9.17) is 4.74 Å². The van der Waals surface area contributed by atoms with Gasteiger partial charge in [-0.15, -0.1) is 0 Å². The molecule has 2 rings (SSSR count). The lowest BCUT2D eigenvalue weighted by Crippen LogP contribution is -2.39. The number of nitrogens with one attached hydrogen (secondary N) is 1. The molecule has 0 aliphatic heterocycles. The third kappa shape index (κ3) is 5.04. The highest BCUT2D eigenvalue weighted by molar-refractivity contribution is 5.95. The van der Waals surface area contributed by atoms with E-state index in [1.807, 2.05) is 26.0 Å². The van der Waals surface area contributed by atoms with E-state index in [2.05, 4.69) is 5.32 Å². The van der Waals surface area contributed by atoms with Crippen LogP contribution in [0, 0.1) is 13.8 Å². The van der Waals surface area contributed by atoms with Gasteiger partial charge < -0.3 is 10.1 Å². The number of amides is 1. The number of methoxy groups -OCH3 is 1. The Hall–Kier alpha value is -2.54. The zero-order valence-electron chi connectivity index (χ0n) is 16.6. The van der Waals surface area contributed by atoms with Gasteiger partial charge in [0, 0.05) is 6.54 Å². The van der Waals surface area contributed by atoms with Gasteiger partial charge in [0.25, 0.3) is 0 Å². The van der Waals surface area contributed by atoms with Crippen LogP contribution in [0.25, 0.3) is 0 Å². The molecule has 1 atom stereocenters. The summed E-state index contributed by atoms with van der Waals surface area (Å²) in [5.74, 6) is 0.321. The number of carbonyl (C=O) groups is 1. The van der Waals surface area contributed by atoms with E-state index < -0.39 is 23.7 Å². The summed E-state index contributed by atoms with van der Waals surface area (Å²) in [6.45, 7) is 6.02. The minimum Gasteiger partial charge on any atom is -0.496 e. The van der Waals surface area contributed by atoms with Crippen LogP contribution in [0.4, 0.5) is 18.9 Å². The number of hydrogen-bond donors (Lipinski definition) is 1. The van der Waals surface area contributed by atoms with E-state index in [0.29, 0.717) is 6.54 Å². The van der Waals surface area contributed by atoms with Crippen LogP contribution >= 0.6 is 0 Å². The number of likely N-dealkylation sites (N-methyl/N-ethyl adjacent to an activating group) is 1. The van der Waals surface area contributed by atoms with E-state index in [1.165, 1.54) is 18.2 Å². The molecule has 1 N–H and O–H groups in total. The van der Waals surface area contributed by atoms with Crippen LogP contribution in [0.5, 0.6) is 5.75 Å². The summed E-state index contributed by atoms with van der Waals surface area (Å²) in [6.07, 6.45) is -4.53. The topological polar surface area (TPSA) is 41.6 Å². The number of rotatable bonds is 6. The zero-order valence-corrected chi connectivity index (χ0v) is 16.6. The molecule has 2 aromatic carbocycles. The number of hydrogen-bond acceptors (Lipinski definition) is 3. The van der Waals surface area contributed by atoms with E-state index >= 15 is 0 Å².